The smallest absolute Gasteiger partial charge is 0.191 e. The fraction of sp³-hybridized carbons (Fsp3) is 0.524. The van der Waals surface area contributed by atoms with Crippen LogP contribution < -0.4 is 15.4 Å². The molecular formula is C21H32N4O2. The molecule has 0 radical (unpaired) electrons. The van der Waals surface area contributed by atoms with Crippen LogP contribution in [0.4, 0.5) is 0 Å². The average Bonchev–Trinajstić information content (AvgIpc) is 3.09. The maximum atomic E-state index is 5.43. The summed E-state index contributed by atoms with van der Waals surface area (Å²) in [5.41, 5.74) is 4.50. The van der Waals surface area contributed by atoms with Crippen LogP contribution in [0.5, 0.6) is 5.75 Å². The largest absolute Gasteiger partial charge is 0.496 e. The number of rotatable bonds is 9. The molecule has 0 atom stereocenters. The summed E-state index contributed by atoms with van der Waals surface area (Å²) in [5.74, 6) is 2.67. The summed E-state index contributed by atoms with van der Waals surface area (Å²) in [4.78, 5) is 4.72. The third-order valence-corrected chi connectivity index (χ3v) is 4.53. The van der Waals surface area contributed by atoms with Crippen molar-refractivity contribution in [3.05, 3.63) is 46.3 Å². The minimum atomic E-state index is 0.573. The molecule has 6 nitrogen and oxygen atoms in total. The predicted octanol–water partition coefficient (Wildman–Crippen LogP) is 3.41. The van der Waals surface area contributed by atoms with Crippen LogP contribution in [0.25, 0.3) is 0 Å². The highest BCUT2D eigenvalue weighted by Gasteiger charge is 2.13. The normalized spacial score (nSPS) is 11.5. The molecule has 0 spiro atoms. The van der Waals surface area contributed by atoms with Crippen LogP contribution in [0, 0.1) is 6.92 Å². The van der Waals surface area contributed by atoms with Crippen molar-refractivity contribution in [2.24, 2.45) is 4.99 Å². The predicted molar refractivity (Wildman–Crippen MR) is 110 cm³/mol. The van der Waals surface area contributed by atoms with Gasteiger partial charge in [-0.3, -0.25) is 0 Å². The molecule has 0 saturated carbocycles. The number of nitrogens with zero attached hydrogens (tertiary/aromatic N) is 2. The maximum absolute atomic E-state index is 5.43. The second-order valence-electron chi connectivity index (χ2n) is 6.41. The Morgan fingerprint density at radius 3 is 2.67 bits per heavy atom. The summed E-state index contributed by atoms with van der Waals surface area (Å²) in [6.45, 7) is 10.5. The molecule has 1 aromatic carbocycles. The van der Waals surface area contributed by atoms with Gasteiger partial charge in [-0.15, -0.1) is 0 Å². The number of guanidine groups is 1. The van der Waals surface area contributed by atoms with E-state index in [1.807, 2.05) is 0 Å². The number of methoxy groups -OCH3 is 1. The lowest BCUT2D eigenvalue weighted by Gasteiger charge is -2.12. The van der Waals surface area contributed by atoms with Gasteiger partial charge in [0.05, 0.1) is 19.3 Å². The van der Waals surface area contributed by atoms with Crippen LogP contribution in [0.1, 0.15) is 48.9 Å². The standard InChI is InChI=1S/C21H32N4O2/c1-6-18-17(19(7-2)27-25-18)14-24-21(22-8-3)23-12-11-16-10-9-15(4)20(13-16)26-5/h9-10,13H,6-8,11-12,14H2,1-5H3,(H2,22,23,24). The van der Waals surface area contributed by atoms with E-state index in [1.54, 1.807) is 7.11 Å². The first kappa shape index (κ1) is 20.8. The fourth-order valence-corrected chi connectivity index (χ4v) is 2.96. The first-order valence-electron chi connectivity index (χ1n) is 9.74. The Morgan fingerprint density at radius 1 is 1.19 bits per heavy atom. The third-order valence-electron chi connectivity index (χ3n) is 4.53. The van der Waals surface area contributed by atoms with E-state index in [0.29, 0.717) is 6.54 Å². The zero-order chi connectivity index (χ0) is 19.6. The van der Waals surface area contributed by atoms with Crippen molar-refractivity contribution < 1.29 is 9.26 Å². The van der Waals surface area contributed by atoms with Gasteiger partial charge < -0.3 is 19.9 Å². The minimum Gasteiger partial charge on any atom is -0.496 e. The molecule has 0 aliphatic heterocycles. The molecule has 148 valence electrons. The summed E-state index contributed by atoms with van der Waals surface area (Å²) in [6, 6.07) is 6.33. The lowest BCUT2D eigenvalue weighted by molar-refractivity contribution is 0.380. The van der Waals surface area contributed by atoms with Crippen LogP contribution in [0.15, 0.2) is 27.7 Å². The molecular weight excluding hydrogens is 340 g/mol. The summed E-state index contributed by atoms with van der Waals surface area (Å²) in [7, 11) is 1.71. The van der Waals surface area contributed by atoms with Crippen LogP contribution in [-0.2, 0) is 25.8 Å². The average molecular weight is 373 g/mol. The zero-order valence-corrected chi connectivity index (χ0v) is 17.2. The number of aromatic nitrogens is 1. The summed E-state index contributed by atoms with van der Waals surface area (Å²) < 4.78 is 10.8. The number of benzene rings is 1. The summed E-state index contributed by atoms with van der Waals surface area (Å²) in [6.07, 6.45) is 2.58. The molecule has 0 aliphatic rings. The molecule has 0 saturated heterocycles. The lowest BCUT2D eigenvalue weighted by atomic mass is 10.1. The number of aliphatic imine (C=N–C) groups is 1. The maximum Gasteiger partial charge on any atom is 0.191 e. The highest BCUT2D eigenvalue weighted by atomic mass is 16.5. The molecule has 0 unspecified atom stereocenters. The first-order valence-corrected chi connectivity index (χ1v) is 9.74. The van der Waals surface area contributed by atoms with Gasteiger partial charge in [0.25, 0.3) is 0 Å². The summed E-state index contributed by atoms with van der Waals surface area (Å²) >= 11 is 0. The summed E-state index contributed by atoms with van der Waals surface area (Å²) in [5, 5.41) is 10.9. The van der Waals surface area contributed by atoms with Crippen LogP contribution >= 0.6 is 0 Å². The van der Waals surface area contributed by atoms with Crippen molar-refractivity contribution in [3.8, 4) is 5.75 Å². The molecule has 0 fully saturated rings. The Balaban J connectivity index is 1.99. The number of hydrogen-bond acceptors (Lipinski definition) is 4. The second kappa shape index (κ2) is 10.6. The molecule has 2 aromatic rings. The molecule has 27 heavy (non-hydrogen) atoms. The lowest BCUT2D eigenvalue weighted by Crippen LogP contribution is -2.38. The SMILES string of the molecule is CCNC(=NCc1c(CC)noc1CC)NCCc1ccc(C)c(OC)c1. The Kier molecular flexibility index (Phi) is 8.17. The van der Waals surface area contributed by atoms with Crippen molar-refractivity contribution in [2.75, 3.05) is 20.2 Å². The Labute approximate surface area is 162 Å². The van der Waals surface area contributed by atoms with Gasteiger partial charge >= 0.3 is 0 Å². The monoisotopic (exact) mass is 372 g/mol. The van der Waals surface area contributed by atoms with E-state index in [0.717, 1.165) is 66.6 Å². The Hall–Kier alpha value is -2.50. The van der Waals surface area contributed by atoms with E-state index in [4.69, 9.17) is 14.3 Å². The van der Waals surface area contributed by atoms with Gasteiger partial charge in [-0.05, 0) is 43.9 Å². The molecule has 1 aromatic heterocycles. The van der Waals surface area contributed by atoms with E-state index < -0.39 is 0 Å². The number of ether oxygens (including phenoxy) is 1. The first-order chi connectivity index (χ1) is 13.1. The molecule has 2 rings (SSSR count). The van der Waals surface area contributed by atoms with Gasteiger partial charge in [0, 0.05) is 25.1 Å². The van der Waals surface area contributed by atoms with E-state index in [1.165, 1.54) is 5.56 Å². The quantitative estimate of drug-likeness (QED) is 0.521. The van der Waals surface area contributed by atoms with Crippen molar-refractivity contribution in [1.82, 2.24) is 15.8 Å². The van der Waals surface area contributed by atoms with Crippen LogP contribution in [0.2, 0.25) is 0 Å². The van der Waals surface area contributed by atoms with Crippen molar-refractivity contribution in [2.45, 2.75) is 53.5 Å². The van der Waals surface area contributed by atoms with Crippen molar-refractivity contribution in [1.29, 1.82) is 0 Å². The van der Waals surface area contributed by atoms with Crippen LogP contribution in [0.3, 0.4) is 0 Å². The number of hydrogen-bond donors (Lipinski definition) is 2. The van der Waals surface area contributed by atoms with Crippen molar-refractivity contribution in [3.63, 3.8) is 0 Å². The molecule has 1 heterocycles. The van der Waals surface area contributed by atoms with Gasteiger partial charge in [-0.1, -0.05) is 31.1 Å². The second-order valence-corrected chi connectivity index (χ2v) is 6.41. The molecule has 0 aliphatic carbocycles. The number of aryl methyl sites for hydroxylation is 3. The molecule has 6 heteroatoms. The van der Waals surface area contributed by atoms with Gasteiger partial charge in [0.15, 0.2) is 5.96 Å². The highest BCUT2D eigenvalue weighted by Crippen LogP contribution is 2.19. The van der Waals surface area contributed by atoms with E-state index >= 15 is 0 Å². The number of nitrogens with one attached hydrogen (secondary N) is 2. The molecule has 2 N–H and O–H groups in total. The van der Waals surface area contributed by atoms with E-state index in [-0.39, 0.29) is 0 Å². The molecule has 0 bridgehead atoms. The van der Waals surface area contributed by atoms with Gasteiger partial charge in [-0.2, -0.15) is 0 Å². The third kappa shape index (κ3) is 5.74. The Bertz CT molecular complexity index is 731. The topological polar surface area (TPSA) is 71.7 Å². The molecule has 0 amide bonds. The van der Waals surface area contributed by atoms with Crippen LogP contribution in [-0.4, -0.2) is 31.3 Å². The van der Waals surface area contributed by atoms with E-state index in [2.05, 4.69) is 61.7 Å². The van der Waals surface area contributed by atoms with Crippen molar-refractivity contribution >= 4 is 5.96 Å². The van der Waals surface area contributed by atoms with Gasteiger partial charge in [0.1, 0.15) is 11.5 Å². The fourth-order valence-electron chi connectivity index (χ4n) is 2.96. The van der Waals surface area contributed by atoms with E-state index in [9.17, 15) is 0 Å². The Morgan fingerprint density at radius 2 is 2.00 bits per heavy atom. The highest BCUT2D eigenvalue weighted by molar-refractivity contribution is 5.79. The van der Waals surface area contributed by atoms with Gasteiger partial charge in [-0.25, -0.2) is 4.99 Å². The van der Waals surface area contributed by atoms with Gasteiger partial charge in [0.2, 0.25) is 0 Å². The minimum absolute atomic E-state index is 0.573. The zero-order valence-electron chi connectivity index (χ0n) is 17.2.